The van der Waals surface area contributed by atoms with Gasteiger partial charge in [-0.05, 0) is 26.7 Å². The molecule has 5 nitrogen and oxygen atoms in total. The van der Waals surface area contributed by atoms with E-state index in [4.69, 9.17) is 4.74 Å². The minimum atomic E-state index is 0. The van der Waals surface area contributed by atoms with E-state index in [9.17, 15) is 0 Å². The Morgan fingerprint density at radius 3 is 2.36 bits per heavy atom. The van der Waals surface area contributed by atoms with E-state index >= 15 is 0 Å². The van der Waals surface area contributed by atoms with Gasteiger partial charge in [-0.3, -0.25) is 9.89 Å². The van der Waals surface area contributed by atoms with Crippen LogP contribution in [0.25, 0.3) is 0 Å². The number of ether oxygens (including phenoxy) is 1. The van der Waals surface area contributed by atoms with Crippen LogP contribution in [0.15, 0.2) is 4.99 Å². The van der Waals surface area contributed by atoms with Gasteiger partial charge in [0.2, 0.25) is 0 Å². The predicted octanol–water partition coefficient (Wildman–Crippen LogP) is 2.21. The molecule has 1 aliphatic carbocycles. The highest BCUT2D eigenvalue weighted by molar-refractivity contribution is 14.0. The van der Waals surface area contributed by atoms with Crippen molar-refractivity contribution in [3.63, 3.8) is 0 Å². The van der Waals surface area contributed by atoms with Gasteiger partial charge in [0.15, 0.2) is 5.96 Å². The lowest BCUT2D eigenvalue weighted by Crippen LogP contribution is -2.60. The van der Waals surface area contributed by atoms with Crippen molar-refractivity contribution in [2.45, 2.75) is 57.5 Å². The molecule has 0 bridgehead atoms. The van der Waals surface area contributed by atoms with Gasteiger partial charge in [-0.2, -0.15) is 0 Å². The Labute approximate surface area is 152 Å². The van der Waals surface area contributed by atoms with Crippen LogP contribution in [0, 0.1) is 0 Å². The molecule has 1 saturated carbocycles. The SMILES string of the molecule is CN=C(NCC1(N2CCOCC2)CCCCC1)NC(C)C.I. The molecule has 130 valence electrons. The number of rotatable bonds is 4. The minimum absolute atomic E-state index is 0. The molecular formula is C16H33IN4O. The molecule has 2 rings (SSSR count). The van der Waals surface area contributed by atoms with E-state index in [0.717, 1.165) is 38.8 Å². The van der Waals surface area contributed by atoms with Crippen molar-refractivity contribution in [3.05, 3.63) is 0 Å². The summed E-state index contributed by atoms with van der Waals surface area (Å²) in [5.41, 5.74) is 0.288. The summed E-state index contributed by atoms with van der Waals surface area (Å²) in [7, 11) is 1.85. The van der Waals surface area contributed by atoms with Crippen molar-refractivity contribution >= 4 is 29.9 Å². The Morgan fingerprint density at radius 2 is 1.82 bits per heavy atom. The minimum Gasteiger partial charge on any atom is -0.379 e. The quantitative estimate of drug-likeness (QED) is 0.413. The first kappa shape index (κ1) is 20.0. The lowest BCUT2D eigenvalue weighted by atomic mass is 9.80. The van der Waals surface area contributed by atoms with E-state index in [1.54, 1.807) is 0 Å². The number of hydrogen-bond acceptors (Lipinski definition) is 3. The third kappa shape index (κ3) is 5.53. The first-order valence-electron chi connectivity index (χ1n) is 8.46. The molecule has 2 aliphatic rings. The number of morpholine rings is 1. The number of hydrogen-bond donors (Lipinski definition) is 2. The molecule has 2 N–H and O–H groups in total. The van der Waals surface area contributed by atoms with Gasteiger partial charge in [-0.1, -0.05) is 19.3 Å². The van der Waals surface area contributed by atoms with Crippen LogP contribution in [0.1, 0.15) is 46.0 Å². The van der Waals surface area contributed by atoms with E-state index in [-0.39, 0.29) is 29.5 Å². The molecule has 0 radical (unpaired) electrons. The first-order valence-corrected chi connectivity index (χ1v) is 8.46. The third-order valence-electron chi connectivity index (χ3n) is 4.70. The maximum Gasteiger partial charge on any atom is 0.191 e. The summed E-state index contributed by atoms with van der Waals surface area (Å²) in [5, 5.41) is 6.95. The predicted molar refractivity (Wildman–Crippen MR) is 103 cm³/mol. The van der Waals surface area contributed by atoms with Crippen LogP contribution >= 0.6 is 24.0 Å². The van der Waals surface area contributed by atoms with Crippen molar-refractivity contribution in [1.82, 2.24) is 15.5 Å². The monoisotopic (exact) mass is 424 g/mol. The maximum atomic E-state index is 5.54. The lowest BCUT2D eigenvalue weighted by Gasteiger charge is -2.48. The van der Waals surface area contributed by atoms with Crippen LogP contribution in [0.3, 0.4) is 0 Å². The van der Waals surface area contributed by atoms with E-state index in [2.05, 4.69) is 34.4 Å². The van der Waals surface area contributed by atoms with Crippen LogP contribution in [0.2, 0.25) is 0 Å². The number of aliphatic imine (C=N–C) groups is 1. The van der Waals surface area contributed by atoms with Crippen molar-refractivity contribution in [2.24, 2.45) is 4.99 Å². The van der Waals surface area contributed by atoms with Crippen molar-refractivity contribution in [2.75, 3.05) is 39.9 Å². The lowest BCUT2D eigenvalue weighted by molar-refractivity contribution is -0.0352. The largest absolute Gasteiger partial charge is 0.379 e. The second kappa shape index (κ2) is 9.93. The average Bonchev–Trinajstić information content (AvgIpc) is 2.53. The van der Waals surface area contributed by atoms with Gasteiger partial charge in [0.1, 0.15) is 0 Å². The standard InChI is InChI=1S/C16H32N4O.HI/c1-14(2)19-15(17-3)18-13-16(7-5-4-6-8-16)20-9-11-21-12-10-20;/h14H,4-13H2,1-3H3,(H2,17,18,19);1H. The van der Waals surface area contributed by atoms with Gasteiger partial charge in [-0.15, -0.1) is 24.0 Å². The summed E-state index contributed by atoms with van der Waals surface area (Å²) in [6.45, 7) is 9.16. The van der Waals surface area contributed by atoms with E-state index in [0.29, 0.717) is 6.04 Å². The highest BCUT2D eigenvalue weighted by Crippen LogP contribution is 2.33. The summed E-state index contributed by atoms with van der Waals surface area (Å²) >= 11 is 0. The topological polar surface area (TPSA) is 48.9 Å². The van der Waals surface area contributed by atoms with Crippen LogP contribution in [-0.4, -0.2) is 62.3 Å². The molecule has 22 heavy (non-hydrogen) atoms. The fraction of sp³-hybridized carbons (Fsp3) is 0.938. The summed E-state index contributed by atoms with van der Waals surface area (Å²) in [6, 6.07) is 0.405. The van der Waals surface area contributed by atoms with Gasteiger partial charge < -0.3 is 15.4 Å². The second-order valence-corrected chi connectivity index (χ2v) is 6.61. The number of nitrogens with one attached hydrogen (secondary N) is 2. The fourth-order valence-corrected chi connectivity index (χ4v) is 3.57. The number of nitrogens with zero attached hydrogens (tertiary/aromatic N) is 2. The molecule has 0 aromatic rings. The normalized spacial score (nSPS) is 23.0. The summed E-state index contributed by atoms with van der Waals surface area (Å²) in [4.78, 5) is 7.00. The van der Waals surface area contributed by atoms with E-state index in [1.165, 1.54) is 32.1 Å². The molecule has 2 fully saturated rings. The Hall–Kier alpha value is -0.0800. The second-order valence-electron chi connectivity index (χ2n) is 6.61. The van der Waals surface area contributed by atoms with Gasteiger partial charge in [0, 0.05) is 38.3 Å². The Bertz CT molecular complexity index is 337. The van der Waals surface area contributed by atoms with Gasteiger partial charge in [-0.25, -0.2) is 0 Å². The van der Waals surface area contributed by atoms with Crippen molar-refractivity contribution < 1.29 is 4.74 Å². The zero-order valence-electron chi connectivity index (χ0n) is 14.4. The van der Waals surface area contributed by atoms with E-state index in [1.807, 2.05) is 7.05 Å². The zero-order valence-corrected chi connectivity index (χ0v) is 16.7. The average molecular weight is 424 g/mol. The molecule has 0 aromatic carbocycles. The molecule has 0 aromatic heterocycles. The highest BCUT2D eigenvalue weighted by Gasteiger charge is 2.38. The third-order valence-corrected chi connectivity index (χ3v) is 4.70. The summed E-state index contributed by atoms with van der Waals surface area (Å²) < 4.78 is 5.54. The smallest absolute Gasteiger partial charge is 0.191 e. The Morgan fingerprint density at radius 1 is 1.18 bits per heavy atom. The van der Waals surface area contributed by atoms with Gasteiger partial charge >= 0.3 is 0 Å². The highest BCUT2D eigenvalue weighted by atomic mass is 127. The molecule has 0 amide bonds. The number of halogens is 1. The van der Waals surface area contributed by atoms with Gasteiger partial charge in [0.05, 0.1) is 13.2 Å². The van der Waals surface area contributed by atoms with Crippen LogP contribution in [0.4, 0.5) is 0 Å². The molecule has 0 unspecified atom stereocenters. The van der Waals surface area contributed by atoms with Crippen LogP contribution in [0.5, 0.6) is 0 Å². The Balaban J connectivity index is 0.00000242. The van der Waals surface area contributed by atoms with Crippen molar-refractivity contribution in [1.29, 1.82) is 0 Å². The summed E-state index contributed by atoms with van der Waals surface area (Å²) in [5.74, 6) is 0.920. The molecular weight excluding hydrogens is 391 g/mol. The fourth-order valence-electron chi connectivity index (χ4n) is 3.57. The van der Waals surface area contributed by atoms with Crippen LogP contribution < -0.4 is 10.6 Å². The molecule has 0 atom stereocenters. The van der Waals surface area contributed by atoms with Crippen molar-refractivity contribution in [3.8, 4) is 0 Å². The molecule has 1 aliphatic heterocycles. The maximum absolute atomic E-state index is 5.54. The van der Waals surface area contributed by atoms with Gasteiger partial charge in [0.25, 0.3) is 0 Å². The van der Waals surface area contributed by atoms with Crippen LogP contribution in [-0.2, 0) is 4.74 Å². The molecule has 0 spiro atoms. The first-order chi connectivity index (χ1) is 10.2. The molecule has 6 heteroatoms. The van der Waals surface area contributed by atoms with E-state index < -0.39 is 0 Å². The Kier molecular flexibility index (Phi) is 9.01. The summed E-state index contributed by atoms with van der Waals surface area (Å²) in [6.07, 6.45) is 6.65. The molecule has 1 saturated heterocycles. The zero-order chi connectivity index (χ0) is 15.1. The molecule has 1 heterocycles. The number of guanidine groups is 1.